The zero-order valence-corrected chi connectivity index (χ0v) is 19.7. The predicted octanol–water partition coefficient (Wildman–Crippen LogP) is 4.15. The molecule has 0 bridgehead atoms. The number of rotatable bonds is 7. The zero-order chi connectivity index (χ0) is 19.1. The van der Waals surface area contributed by atoms with Crippen LogP contribution in [-0.4, -0.2) is 38.4 Å². The Hall–Kier alpha value is -1.02. The van der Waals surface area contributed by atoms with Gasteiger partial charge in [0.15, 0.2) is 5.96 Å². The number of aromatic hydroxyl groups is 1. The van der Waals surface area contributed by atoms with Crippen molar-refractivity contribution in [3.8, 4) is 5.75 Å². The third-order valence-electron chi connectivity index (χ3n) is 6.41. The van der Waals surface area contributed by atoms with Crippen LogP contribution in [0.3, 0.4) is 0 Å². The Morgan fingerprint density at radius 2 is 1.89 bits per heavy atom. The quantitative estimate of drug-likeness (QED) is 0.299. The monoisotopic (exact) mass is 501 g/mol. The molecule has 1 aromatic rings. The molecule has 28 heavy (non-hydrogen) atoms. The number of fused-ring (bicyclic) bond motifs is 1. The number of phenols is 1. The van der Waals surface area contributed by atoms with E-state index in [9.17, 15) is 5.11 Å². The van der Waals surface area contributed by atoms with Crippen LogP contribution in [0, 0.1) is 5.41 Å². The van der Waals surface area contributed by atoms with Crippen LogP contribution in [0.15, 0.2) is 17.1 Å². The van der Waals surface area contributed by atoms with Crippen LogP contribution in [0.5, 0.6) is 5.75 Å². The number of halogens is 1. The number of phenolic OH excluding ortho intramolecular Hbond substituents is 1. The number of benzene rings is 1. The third kappa shape index (κ3) is 5.75. The first-order chi connectivity index (χ1) is 13.2. The Labute approximate surface area is 186 Å². The summed E-state index contributed by atoms with van der Waals surface area (Å²) in [5.74, 6) is 1.21. The summed E-state index contributed by atoms with van der Waals surface area (Å²) in [5.41, 5.74) is 4.08. The highest BCUT2D eigenvalue weighted by atomic mass is 127. The zero-order valence-electron chi connectivity index (χ0n) is 17.4. The van der Waals surface area contributed by atoms with Crippen molar-refractivity contribution in [2.75, 3.05) is 27.3 Å². The summed E-state index contributed by atoms with van der Waals surface area (Å²) >= 11 is 0. The summed E-state index contributed by atoms with van der Waals surface area (Å²) < 4.78 is 5.33. The van der Waals surface area contributed by atoms with E-state index in [1.54, 1.807) is 7.11 Å². The molecule has 1 saturated carbocycles. The number of methoxy groups -OCH3 is 1. The Morgan fingerprint density at radius 1 is 1.14 bits per heavy atom. The van der Waals surface area contributed by atoms with E-state index in [1.165, 1.54) is 49.7 Å². The maximum atomic E-state index is 10.4. The van der Waals surface area contributed by atoms with Gasteiger partial charge in [0, 0.05) is 39.4 Å². The van der Waals surface area contributed by atoms with E-state index in [4.69, 9.17) is 4.74 Å². The first kappa shape index (κ1) is 23.3. The molecule has 0 unspecified atom stereocenters. The van der Waals surface area contributed by atoms with Crippen LogP contribution in [0.2, 0.25) is 0 Å². The lowest BCUT2D eigenvalue weighted by molar-refractivity contribution is 0.138. The average Bonchev–Trinajstić information content (AvgIpc) is 3.17. The molecule has 3 rings (SSSR count). The SMILES string of the molecule is CN=C(NCc1c(O)ccc2c1CCCC2)NCC1(CCOC)CCCC1.I. The smallest absolute Gasteiger partial charge is 0.191 e. The van der Waals surface area contributed by atoms with Crippen LogP contribution < -0.4 is 10.6 Å². The third-order valence-corrected chi connectivity index (χ3v) is 6.41. The number of hydrogen-bond donors (Lipinski definition) is 3. The highest BCUT2D eigenvalue weighted by Crippen LogP contribution is 2.40. The van der Waals surface area contributed by atoms with Crippen molar-refractivity contribution in [2.45, 2.75) is 64.3 Å². The van der Waals surface area contributed by atoms with E-state index in [1.807, 2.05) is 13.1 Å². The molecule has 0 heterocycles. The second kappa shape index (κ2) is 11.2. The molecule has 2 aliphatic rings. The Kier molecular flexibility index (Phi) is 9.34. The molecule has 0 aliphatic heterocycles. The van der Waals surface area contributed by atoms with Gasteiger partial charge in [0.1, 0.15) is 5.75 Å². The molecule has 0 spiro atoms. The fourth-order valence-corrected chi connectivity index (χ4v) is 4.71. The molecule has 6 heteroatoms. The lowest BCUT2D eigenvalue weighted by Crippen LogP contribution is -2.43. The van der Waals surface area contributed by atoms with Crippen LogP contribution in [0.25, 0.3) is 0 Å². The van der Waals surface area contributed by atoms with Gasteiger partial charge in [-0.1, -0.05) is 18.9 Å². The van der Waals surface area contributed by atoms with Gasteiger partial charge in [0.05, 0.1) is 0 Å². The van der Waals surface area contributed by atoms with Crippen molar-refractivity contribution in [1.82, 2.24) is 10.6 Å². The fourth-order valence-electron chi connectivity index (χ4n) is 4.71. The lowest BCUT2D eigenvalue weighted by Gasteiger charge is -2.30. The fraction of sp³-hybridized carbons (Fsp3) is 0.682. The van der Waals surface area contributed by atoms with Crippen LogP contribution in [0.4, 0.5) is 0 Å². The van der Waals surface area contributed by atoms with Gasteiger partial charge in [0.25, 0.3) is 0 Å². The molecule has 0 atom stereocenters. The molecule has 2 aliphatic carbocycles. The van der Waals surface area contributed by atoms with Gasteiger partial charge in [-0.15, -0.1) is 24.0 Å². The molecular weight excluding hydrogens is 465 g/mol. The number of nitrogens with one attached hydrogen (secondary N) is 2. The summed E-state index contributed by atoms with van der Waals surface area (Å²) in [6, 6.07) is 3.93. The van der Waals surface area contributed by atoms with Gasteiger partial charge in [0.2, 0.25) is 0 Å². The van der Waals surface area contributed by atoms with Crippen molar-refractivity contribution in [1.29, 1.82) is 0 Å². The molecule has 0 saturated heterocycles. The maximum Gasteiger partial charge on any atom is 0.191 e. The molecule has 3 N–H and O–H groups in total. The molecule has 0 aromatic heterocycles. The number of hydrogen-bond acceptors (Lipinski definition) is 3. The highest BCUT2D eigenvalue weighted by Gasteiger charge is 2.33. The second-order valence-electron chi connectivity index (χ2n) is 8.14. The number of guanidine groups is 1. The van der Waals surface area contributed by atoms with E-state index in [0.29, 0.717) is 17.7 Å². The normalized spacial score (nSPS) is 18.3. The van der Waals surface area contributed by atoms with Crippen molar-refractivity contribution >= 4 is 29.9 Å². The standard InChI is InChI=1S/C22H35N3O2.HI/c1-23-21(25-16-22(13-14-27-2)11-5-6-12-22)24-15-19-18-8-4-3-7-17(18)9-10-20(19)26;/h9-10,26H,3-8,11-16H2,1-2H3,(H2,23,24,25);1H. The van der Waals surface area contributed by atoms with Gasteiger partial charge in [-0.05, 0) is 67.6 Å². The number of nitrogens with zero attached hydrogens (tertiary/aromatic N) is 1. The Bertz CT molecular complexity index is 657. The molecule has 5 nitrogen and oxygen atoms in total. The molecule has 1 fully saturated rings. The van der Waals surface area contributed by atoms with Crippen molar-refractivity contribution in [3.05, 3.63) is 28.8 Å². The van der Waals surface area contributed by atoms with E-state index in [0.717, 1.165) is 43.9 Å². The van der Waals surface area contributed by atoms with Crippen molar-refractivity contribution in [2.24, 2.45) is 10.4 Å². The number of ether oxygens (including phenoxy) is 1. The summed E-state index contributed by atoms with van der Waals surface area (Å²) in [7, 11) is 3.59. The molecule has 0 radical (unpaired) electrons. The van der Waals surface area contributed by atoms with Gasteiger partial charge in [-0.25, -0.2) is 0 Å². The van der Waals surface area contributed by atoms with Crippen LogP contribution in [0.1, 0.15) is 61.6 Å². The van der Waals surface area contributed by atoms with Crippen LogP contribution >= 0.6 is 24.0 Å². The number of aliphatic imine (C=N–C) groups is 1. The summed E-state index contributed by atoms with van der Waals surface area (Å²) in [5, 5.41) is 17.3. The van der Waals surface area contributed by atoms with E-state index in [-0.39, 0.29) is 24.0 Å². The minimum Gasteiger partial charge on any atom is -0.508 e. The molecule has 1 aromatic carbocycles. The first-order valence-corrected chi connectivity index (χ1v) is 10.4. The maximum absolute atomic E-state index is 10.4. The summed E-state index contributed by atoms with van der Waals surface area (Å²) in [6.07, 6.45) is 10.9. The van der Waals surface area contributed by atoms with Crippen molar-refractivity contribution in [3.63, 3.8) is 0 Å². The van der Waals surface area contributed by atoms with E-state index >= 15 is 0 Å². The Balaban J connectivity index is 0.00000280. The van der Waals surface area contributed by atoms with Crippen molar-refractivity contribution < 1.29 is 9.84 Å². The van der Waals surface area contributed by atoms with Gasteiger partial charge in [-0.2, -0.15) is 0 Å². The molecular formula is C22H36IN3O2. The highest BCUT2D eigenvalue weighted by molar-refractivity contribution is 14.0. The molecule has 0 amide bonds. The Morgan fingerprint density at radius 3 is 2.61 bits per heavy atom. The lowest BCUT2D eigenvalue weighted by atomic mass is 9.83. The minimum atomic E-state index is 0. The first-order valence-electron chi connectivity index (χ1n) is 10.4. The average molecular weight is 501 g/mol. The van der Waals surface area contributed by atoms with E-state index < -0.39 is 0 Å². The van der Waals surface area contributed by atoms with Crippen LogP contribution in [-0.2, 0) is 24.1 Å². The number of aryl methyl sites for hydroxylation is 1. The molecule has 158 valence electrons. The van der Waals surface area contributed by atoms with E-state index in [2.05, 4.69) is 21.7 Å². The summed E-state index contributed by atoms with van der Waals surface area (Å²) in [4.78, 5) is 4.40. The largest absolute Gasteiger partial charge is 0.508 e. The van der Waals surface area contributed by atoms with Gasteiger partial charge < -0.3 is 20.5 Å². The van der Waals surface area contributed by atoms with Gasteiger partial charge in [-0.3, -0.25) is 4.99 Å². The summed E-state index contributed by atoms with van der Waals surface area (Å²) in [6.45, 7) is 2.35. The predicted molar refractivity (Wildman–Crippen MR) is 126 cm³/mol. The topological polar surface area (TPSA) is 65.9 Å². The van der Waals surface area contributed by atoms with Gasteiger partial charge >= 0.3 is 0 Å². The second-order valence-corrected chi connectivity index (χ2v) is 8.14. The minimum absolute atomic E-state index is 0.